The van der Waals surface area contributed by atoms with E-state index in [4.69, 9.17) is 9.47 Å². The van der Waals surface area contributed by atoms with Gasteiger partial charge in [0, 0.05) is 31.8 Å². The number of hydrogen-bond donors (Lipinski definition) is 1. The van der Waals surface area contributed by atoms with Gasteiger partial charge >= 0.3 is 0 Å². The Hall–Kier alpha value is -2.16. The first-order chi connectivity index (χ1) is 14.0. The smallest absolute Gasteiger partial charge is 0.262 e. The van der Waals surface area contributed by atoms with E-state index in [1.165, 1.54) is 7.11 Å². The molecule has 29 heavy (non-hydrogen) atoms. The van der Waals surface area contributed by atoms with E-state index in [-0.39, 0.29) is 11.0 Å². The molecule has 0 saturated carbocycles. The first-order valence-corrected chi connectivity index (χ1v) is 11.4. The van der Waals surface area contributed by atoms with Crippen LogP contribution < -0.4 is 9.46 Å². The zero-order valence-corrected chi connectivity index (χ0v) is 17.7. The fourth-order valence-electron chi connectivity index (χ4n) is 3.86. The van der Waals surface area contributed by atoms with Crippen LogP contribution in [0.4, 0.5) is 5.69 Å². The maximum absolute atomic E-state index is 13.0. The molecule has 8 heteroatoms. The van der Waals surface area contributed by atoms with E-state index >= 15 is 0 Å². The SMILES string of the molecule is COc1nc2c(cc1NS(=O)(=O)c1ccc([C@H]3CCCO3)cc1)CCN(C)CC2. The third-order valence-corrected chi connectivity index (χ3v) is 6.96. The number of pyridine rings is 1. The van der Waals surface area contributed by atoms with Crippen LogP contribution in [0.15, 0.2) is 35.2 Å². The van der Waals surface area contributed by atoms with Crippen molar-refractivity contribution in [3.63, 3.8) is 0 Å². The number of ether oxygens (including phenoxy) is 2. The van der Waals surface area contributed by atoms with Crippen LogP contribution in [0.2, 0.25) is 0 Å². The summed E-state index contributed by atoms with van der Waals surface area (Å²) < 4.78 is 39.6. The number of nitrogens with zero attached hydrogens (tertiary/aromatic N) is 2. The van der Waals surface area contributed by atoms with E-state index in [2.05, 4.69) is 21.7 Å². The molecule has 0 spiro atoms. The molecular weight excluding hydrogens is 390 g/mol. The number of hydrogen-bond acceptors (Lipinski definition) is 6. The zero-order chi connectivity index (χ0) is 20.4. The van der Waals surface area contributed by atoms with Crippen LogP contribution in [0.25, 0.3) is 0 Å². The Bertz CT molecular complexity index is 970. The standard InChI is InChI=1S/C21H27N3O4S/c1-24-11-9-16-14-19(21(27-2)22-18(16)10-12-24)23-29(25,26)17-7-5-15(6-8-17)20-4-3-13-28-20/h5-8,14,20,23H,3-4,9-13H2,1-2H3/t20-/m1/s1. The van der Waals surface area contributed by atoms with Crippen molar-refractivity contribution in [1.82, 2.24) is 9.88 Å². The molecule has 1 aromatic carbocycles. The fraction of sp³-hybridized carbons (Fsp3) is 0.476. The first kappa shape index (κ1) is 20.1. The Labute approximate surface area is 172 Å². The first-order valence-electron chi connectivity index (χ1n) is 9.96. The summed E-state index contributed by atoms with van der Waals surface area (Å²) in [6.07, 6.45) is 3.71. The molecule has 4 rings (SSSR count). The minimum atomic E-state index is -3.75. The Balaban J connectivity index is 1.59. The number of benzene rings is 1. The minimum absolute atomic E-state index is 0.0618. The second-order valence-electron chi connectivity index (χ2n) is 7.63. The molecule has 1 atom stereocenters. The van der Waals surface area contributed by atoms with Crippen molar-refractivity contribution in [2.75, 3.05) is 38.6 Å². The van der Waals surface area contributed by atoms with E-state index in [0.29, 0.717) is 11.6 Å². The van der Waals surface area contributed by atoms with E-state index in [1.54, 1.807) is 12.1 Å². The summed E-state index contributed by atoms with van der Waals surface area (Å²) in [5.74, 6) is 0.299. The van der Waals surface area contributed by atoms with Crippen molar-refractivity contribution in [2.45, 2.75) is 36.7 Å². The highest BCUT2D eigenvalue weighted by molar-refractivity contribution is 7.92. The molecule has 7 nitrogen and oxygen atoms in total. The van der Waals surface area contributed by atoms with Crippen molar-refractivity contribution in [3.8, 4) is 5.88 Å². The van der Waals surface area contributed by atoms with Gasteiger partial charge in [0.1, 0.15) is 5.69 Å². The summed E-state index contributed by atoms with van der Waals surface area (Å²) in [6.45, 7) is 2.59. The normalized spacial score (nSPS) is 20.1. The van der Waals surface area contributed by atoms with Crippen LogP contribution in [0.5, 0.6) is 5.88 Å². The second-order valence-corrected chi connectivity index (χ2v) is 9.31. The van der Waals surface area contributed by atoms with E-state index < -0.39 is 10.0 Å². The number of likely N-dealkylation sites (N-methyl/N-ethyl adjacent to an activating group) is 1. The number of anilines is 1. The van der Waals surface area contributed by atoms with Crippen LogP contribution in [-0.4, -0.2) is 52.2 Å². The Kier molecular flexibility index (Phi) is 5.76. The monoisotopic (exact) mass is 417 g/mol. The van der Waals surface area contributed by atoms with E-state index in [9.17, 15) is 8.42 Å². The van der Waals surface area contributed by atoms with Crippen molar-refractivity contribution >= 4 is 15.7 Å². The predicted molar refractivity (Wildman–Crippen MR) is 111 cm³/mol. The highest BCUT2D eigenvalue weighted by Crippen LogP contribution is 2.31. The van der Waals surface area contributed by atoms with Crippen LogP contribution in [0.3, 0.4) is 0 Å². The number of rotatable bonds is 5. The average molecular weight is 418 g/mol. The summed E-state index contributed by atoms with van der Waals surface area (Å²) in [6, 6.07) is 8.76. The van der Waals surface area contributed by atoms with Gasteiger partial charge in [-0.15, -0.1) is 0 Å². The summed E-state index contributed by atoms with van der Waals surface area (Å²) in [5, 5.41) is 0. The lowest BCUT2D eigenvalue weighted by Crippen LogP contribution is -2.20. The third-order valence-electron chi connectivity index (χ3n) is 5.58. The number of sulfonamides is 1. The molecular formula is C21H27N3O4S. The topological polar surface area (TPSA) is 80.8 Å². The molecule has 0 bridgehead atoms. The van der Waals surface area contributed by atoms with Gasteiger partial charge in [-0.2, -0.15) is 0 Å². The van der Waals surface area contributed by atoms with Crippen LogP contribution >= 0.6 is 0 Å². The Morgan fingerprint density at radius 2 is 1.97 bits per heavy atom. The van der Waals surface area contributed by atoms with Crippen molar-refractivity contribution in [3.05, 3.63) is 47.2 Å². The van der Waals surface area contributed by atoms with Gasteiger partial charge in [-0.25, -0.2) is 13.4 Å². The number of methoxy groups -OCH3 is 1. The molecule has 1 saturated heterocycles. The minimum Gasteiger partial charge on any atom is -0.479 e. The van der Waals surface area contributed by atoms with Gasteiger partial charge in [0.25, 0.3) is 10.0 Å². The van der Waals surface area contributed by atoms with E-state index in [1.807, 2.05) is 18.2 Å². The summed E-state index contributed by atoms with van der Waals surface area (Å²) >= 11 is 0. The van der Waals surface area contributed by atoms with Crippen LogP contribution in [0.1, 0.15) is 35.8 Å². The maximum atomic E-state index is 13.0. The van der Waals surface area contributed by atoms with Crippen LogP contribution in [0, 0.1) is 0 Å². The number of fused-ring (bicyclic) bond motifs is 1. The largest absolute Gasteiger partial charge is 0.479 e. The molecule has 1 aromatic heterocycles. The number of nitrogens with one attached hydrogen (secondary N) is 1. The van der Waals surface area contributed by atoms with Gasteiger partial charge < -0.3 is 14.4 Å². The molecule has 2 aliphatic heterocycles. The highest BCUT2D eigenvalue weighted by atomic mass is 32.2. The molecule has 1 fully saturated rings. The Morgan fingerprint density at radius 3 is 2.66 bits per heavy atom. The van der Waals surface area contributed by atoms with Crippen LogP contribution in [-0.2, 0) is 27.6 Å². The predicted octanol–water partition coefficient (Wildman–Crippen LogP) is 2.77. The zero-order valence-electron chi connectivity index (χ0n) is 16.8. The summed E-state index contributed by atoms with van der Waals surface area (Å²) in [5.41, 5.74) is 3.41. The lowest BCUT2D eigenvalue weighted by atomic mass is 10.1. The van der Waals surface area contributed by atoms with Gasteiger partial charge in [0.15, 0.2) is 0 Å². The molecule has 2 aliphatic rings. The van der Waals surface area contributed by atoms with Gasteiger partial charge in [-0.3, -0.25) is 4.72 Å². The molecule has 0 amide bonds. The molecule has 0 unspecified atom stereocenters. The van der Waals surface area contributed by atoms with E-state index in [0.717, 1.165) is 62.2 Å². The quantitative estimate of drug-likeness (QED) is 0.806. The molecule has 0 aliphatic carbocycles. The lowest BCUT2D eigenvalue weighted by Gasteiger charge is -2.15. The van der Waals surface area contributed by atoms with Gasteiger partial charge in [0.05, 0.1) is 18.1 Å². The molecule has 2 aromatic rings. The molecule has 156 valence electrons. The molecule has 3 heterocycles. The summed E-state index contributed by atoms with van der Waals surface area (Å²) in [4.78, 5) is 7.03. The maximum Gasteiger partial charge on any atom is 0.262 e. The van der Waals surface area contributed by atoms with Gasteiger partial charge in [0.2, 0.25) is 5.88 Å². The van der Waals surface area contributed by atoms with Gasteiger partial charge in [-0.05, 0) is 55.6 Å². The summed E-state index contributed by atoms with van der Waals surface area (Å²) in [7, 11) is -0.172. The van der Waals surface area contributed by atoms with Crippen molar-refractivity contribution in [2.24, 2.45) is 0 Å². The number of aromatic nitrogens is 1. The fourth-order valence-corrected chi connectivity index (χ4v) is 4.91. The second kappa shape index (κ2) is 8.30. The van der Waals surface area contributed by atoms with Crippen molar-refractivity contribution < 1.29 is 17.9 Å². The van der Waals surface area contributed by atoms with Gasteiger partial charge in [-0.1, -0.05) is 12.1 Å². The third kappa shape index (κ3) is 4.39. The average Bonchev–Trinajstić information content (AvgIpc) is 3.20. The molecule has 1 N–H and O–H groups in total. The highest BCUT2D eigenvalue weighted by Gasteiger charge is 2.22. The Morgan fingerprint density at radius 1 is 1.21 bits per heavy atom. The lowest BCUT2D eigenvalue weighted by molar-refractivity contribution is 0.112. The van der Waals surface area contributed by atoms with Crippen molar-refractivity contribution in [1.29, 1.82) is 0 Å². The molecule has 0 radical (unpaired) electrons.